The van der Waals surface area contributed by atoms with Crippen LogP contribution in [0.4, 0.5) is 0 Å². The van der Waals surface area contributed by atoms with Crippen molar-refractivity contribution in [2.24, 2.45) is 17.8 Å². The molecule has 2 aliphatic rings. The molecule has 0 heterocycles. The van der Waals surface area contributed by atoms with Crippen LogP contribution in [0.25, 0.3) is 0 Å². The van der Waals surface area contributed by atoms with Crippen LogP contribution in [0, 0.1) is 17.8 Å². The Bertz CT molecular complexity index is 262. The van der Waals surface area contributed by atoms with Gasteiger partial charge in [-0.05, 0) is 37.5 Å². The number of hydrogen-bond acceptors (Lipinski definition) is 2. The number of carbonyl (C=O) groups excluding carboxylic acids is 1. The highest BCUT2D eigenvalue weighted by molar-refractivity contribution is 5.77. The molecule has 0 aromatic carbocycles. The fourth-order valence-electron chi connectivity index (χ4n) is 2.64. The van der Waals surface area contributed by atoms with Gasteiger partial charge in [-0.15, -0.1) is 0 Å². The Morgan fingerprint density at radius 3 is 2.93 bits per heavy atom. The molecular formula is C12H19NO2. The predicted octanol–water partition coefficient (Wildman–Crippen LogP) is 1.35. The molecule has 0 radical (unpaired) electrons. The first-order valence-corrected chi connectivity index (χ1v) is 5.82. The van der Waals surface area contributed by atoms with Gasteiger partial charge in [-0.2, -0.15) is 0 Å². The molecular weight excluding hydrogens is 190 g/mol. The van der Waals surface area contributed by atoms with Crippen LogP contribution in [0.5, 0.6) is 0 Å². The topological polar surface area (TPSA) is 38.3 Å². The van der Waals surface area contributed by atoms with Crippen molar-refractivity contribution in [1.29, 1.82) is 0 Å². The summed E-state index contributed by atoms with van der Waals surface area (Å²) >= 11 is 0. The van der Waals surface area contributed by atoms with Gasteiger partial charge in [0.1, 0.15) is 6.61 Å². The van der Waals surface area contributed by atoms with E-state index in [1.165, 1.54) is 12.8 Å². The van der Waals surface area contributed by atoms with Gasteiger partial charge < -0.3 is 10.1 Å². The number of rotatable bonds is 5. The number of nitrogens with one attached hydrogen (secondary N) is 1. The third-order valence-corrected chi connectivity index (χ3v) is 3.36. The minimum absolute atomic E-state index is 0.00352. The van der Waals surface area contributed by atoms with Gasteiger partial charge in [0.15, 0.2) is 0 Å². The summed E-state index contributed by atoms with van der Waals surface area (Å²) in [7, 11) is 0. The van der Waals surface area contributed by atoms with Gasteiger partial charge >= 0.3 is 0 Å². The zero-order valence-corrected chi connectivity index (χ0v) is 9.24. The molecule has 1 fully saturated rings. The van der Waals surface area contributed by atoms with E-state index in [0.717, 1.165) is 12.5 Å². The molecule has 3 atom stereocenters. The maximum Gasteiger partial charge on any atom is 0.245 e. The third-order valence-electron chi connectivity index (χ3n) is 3.36. The molecule has 0 spiro atoms. The van der Waals surface area contributed by atoms with Crippen LogP contribution in [-0.2, 0) is 9.53 Å². The summed E-state index contributed by atoms with van der Waals surface area (Å²) in [6.07, 6.45) is 7.19. The third kappa shape index (κ3) is 2.59. The van der Waals surface area contributed by atoms with Crippen molar-refractivity contribution in [1.82, 2.24) is 5.32 Å². The number of allylic oxidation sites excluding steroid dienone is 2. The molecule has 2 bridgehead atoms. The zero-order chi connectivity index (χ0) is 10.7. The van der Waals surface area contributed by atoms with E-state index in [2.05, 4.69) is 17.5 Å². The van der Waals surface area contributed by atoms with Crippen LogP contribution in [0.2, 0.25) is 0 Å². The summed E-state index contributed by atoms with van der Waals surface area (Å²) in [5.74, 6) is 2.14. The highest BCUT2D eigenvalue weighted by Crippen LogP contribution is 2.43. The van der Waals surface area contributed by atoms with Gasteiger partial charge in [-0.25, -0.2) is 0 Å². The average Bonchev–Trinajstić information content (AvgIpc) is 2.79. The summed E-state index contributed by atoms with van der Waals surface area (Å²) in [6.45, 7) is 3.55. The van der Waals surface area contributed by atoms with Crippen LogP contribution in [-0.4, -0.2) is 25.7 Å². The van der Waals surface area contributed by atoms with Crippen LogP contribution in [0.1, 0.15) is 19.8 Å². The fourth-order valence-corrected chi connectivity index (χ4v) is 2.64. The first-order chi connectivity index (χ1) is 7.29. The number of carbonyl (C=O) groups is 1. The van der Waals surface area contributed by atoms with Gasteiger partial charge in [-0.1, -0.05) is 12.2 Å². The molecule has 2 aliphatic carbocycles. The van der Waals surface area contributed by atoms with E-state index in [0.29, 0.717) is 18.4 Å². The molecule has 3 heteroatoms. The summed E-state index contributed by atoms with van der Waals surface area (Å²) in [5, 5.41) is 2.73. The molecule has 3 unspecified atom stereocenters. The second-order valence-corrected chi connectivity index (χ2v) is 4.51. The molecule has 1 saturated carbocycles. The lowest BCUT2D eigenvalue weighted by Crippen LogP contribution is -2.28. The molecule has 1 N–H and O–H groups in total. The lowest BCUT2D eigenvalue weighted by molar-refractivity contribution is -0.126. The number of fused-ring (bicyclic) bond motifs is 2. The summed E-state index contributed by atoms with van der Waals surface area (Å²) in [4.78, 5) is 11.1. The normalized spacial score (nSPS) is 32.2. The van der Waals surface area contributed by atoms with E-state index in [-0.39, 0.29) is 12.5 Å². The van der Waals surface area contributed by atoms with Crippen molar-refractivity contribution in [2.45, 2.75) is 19.8 Å². The van der Waals surface area contributed by atoms with Gasteiger partial charge in [-0.3, -0.25) is 4.79 Å². The Balaban J connectivity index is 1.63. The zero-order valence-electron chi connectivity index (χ0n) is 9.24. The highest BCUT2D eigenvalue weighted by atomic mass is 16.5. The van der Waals surface area contributed by atoms with Gasteiger partial charge in [0.05, 0.1) is 6.61 Å². The maximum atomic E-state index is 11.1. The Labute approximate surface area is 90.9 Å². The SMILES string of the molecule is CCNC(=O)COCC1CC2C=CC1C2. The average molecular weight is 209 g/mol. The van der Waals surface area contributed by atoms with Crippen molar-refractivity contribution >= 4 is 5.91 Å². The van der Waals surface area contributed by atoms with E-state index in [1.54, 1.807) is 0 Å². The van der Waals surface area contributed by atoms with Crippen LogP contribution >= 0.6 is 0 Å². The fraction of sp³-hybridized carbons (Fsp3) is 0.750. The van der Waals surface area contributed by atoms with Crippen LogP contribution in [0.15, 0.2) is 12.2 Å². The minimum Gasteiger partial charge on any atom is -0.371 e. The van der Waals surface area contributed by atoms with Crippen LogP contribution < -0.4 is 5.32 Å². The Morgan fingerprint density at radius 2 is 2.33 bits per heavy atom. The van der Waals surface area contributed by atoms with E-state index in [9.17, 15) is 4.79 Å². The monoisotopic (exact) mass is 209 g/mol. The largest absolute Gasteiger partial charge is 0.371 e. The predicted molar refractivity (Wildman–Crippen MR) is 58.3 cm³/mol. The Morgan fingerprint density at radius 1 is 1.47 bits per heavy atom. The van der Waals surface area contributed by atoms with E-state index in [4.69, 9.17) is 4.74 Å². The van der Waals surface area contributed by atoms with E-state index in [1.807, 2.05) is 6.92 Å². The summed E-state index contributed by atoms with van der Waals surface area (Å²) in [6, 6.07) is 0. The highest BCUT2D eigenvalue weighted by Gasteiger charge is 2.35. The quantitative estimate of drug-likeness (QED) is 0.694. The number of ether oxygens (including phenoxy) is 1. The van der Waals surface area contributed by atoms with Gasteiger partial charge in [0.2, 0.25) is 5.91 Å². The van der Waals surface area contributed by atoms with Crippen molar-refractivity contribution in [2.75, 3.05) is 19.8 Å². The second kappa shape index (κ2) is 4.79. The molecule has 0 aromatic heterocycles. The molecule has 0 saturated heterocycles. The van der Waals surface area contributed by atoms with Crippen molar-refractivity contribution in [3.63, 3.8) is 0 Å². The molecule has 1 amide bonds. The first-order valence-electron chi connectivity index (χ1n) is 5.82. The molecule has 3 nitrogen and oxygen atoms in total. The second-order valence-electron chi connectivity index (χ2n) is 4.51. The molecule has 2 rings (SSSR count). The molecule has 15 heavy (non-hydrogen) atoms. The summed E-state index contributed by atoms with van der Waals surface area (Å²) < 4.78 is 5.44. The van der Waals surface area contributed by atoms with E-state index < -0.39 is 0 Å². The van der Waals surface area contributed by atoms with Gasteiger partial charge in [0.25, 0.3) is 0 Å². The molecule has 84 valence electrons. The van der Waals surface area contributed by atoms with Crippen molar-refractivity contribution in [3.8, 4) is 0 Å². The van der Waals surface area contributed by atoms with Gasteiger partial charge in [0, 0.05) is 6.54 Å². The summed E-state index contributed by atoms with van der Waals surface area (Å²) in [5.41, 5.74) is 0. The standard InChI is InChI=1S/C12H19NO2/c1-2-13-12(14)8-15-7-11-6-9-3-4-10(11)5-9/h3-4,9-11H,2,5-8H2,1H3,(H,13,14). The maximum absolute atomic E-state index is 11.1. The lowest BCUT2D eigenvalue weighted by atomic mass is 9.95. The molecule has 0 aliphatic heterocycles. The molecule has 0 aromatic rings. The van der Waals surface area contributed by atoms with Crippen molar-refractivity contribution < 1.29 is 9.53 Å². The number of likely N-dealkylation sites (N-methyl/N-ethyl adjacent to an activating group) is 1. The number of amides is 1. The van der Waals surface area contributed by atoms with Crippen molar-refractivity contribution in [3.05, 3.63) is 12.2 Å². The number of hydrogen-bond donors (Lipinski definition) is 1. The Hall–Kier alpha value is -0.830. The van der Waals surface area contributed by atoms with E-state index >= 15 is 0 Å². The lowest BCUT2D eigenvalue weighted by Gasteiger charge is -2.17. The first kappa shape index (κ1) is 10.7. The smallest absolute Gasteiger partial charge is 0.245 e. The Kier molecular flexibility index (Phi) is 3.41. The minimum atomic E-state index is -0.00352. The van der Waals surface area contributed by atoms with Crippen LogP contribution in [0.3, 0.4) is 0 Å².